The normalized spacial score (nSPS) is 10.2. The number of hydrogen-bond donors (Lipinski definition) is 0. The van der Waals surface area contributed by atoms with Crippen LogP contribution in [0.3, 0.4) is 0 Å². The minimum Gasteiger partial charge on any atom is -0.457 e. The molecule has 0 saturated carbocycles. The zero-order valence-electron chi connectivity index (χ0n) is 10.6. The third-order valence-electron chi connectivity index (χ3n) is 2.69. The van der Waals surface area contributed by atoms with E-state index in [4.69, 9.17) is 16.3 Å². The lowest BCUT2D eigenvalue weighted by atomic mass is 10.2. The SMILES string of the molecule is O=C(OCc1ccccc1Br)c1cc(Cl)ccc1[N+](=O)[O-]. The van der Waals surface area contributed by atoms with E-state index < -0.39 is 10.9 Å². The van der Waals surface area contributed by atoms with Crippen LogP contribution in [0.15, 0.2) is 46.9 Å². The van der Waals surface area contributed by atoms with Gasteiger partial charge in [-0.15, -0.1) is 0 Å². The number of carbonyl (C=O) groups excluding carboxylic acids is 1. The Morgan fingerprint density at radius 2 is 2.00 bits per heavy atom. The van der Waals surface area contributed by atoms with E-state index in [9.17, 15) is 14.9 Å². The van der Waals surface area contributed by atoms with Gasteiger partial charge in [-0.2, -0.15) is 0 Å². The highest BCUT2D eigenvalue weighted by Crippen LogP contribution is 2.24. The van der Waals surface area contributed by atoms with Crippen LogP contribution in [-0.2, 0) is 11.3 Å². The molecule has 0 atom stereocenters. The predicted octanol–water partition coefficient (Wildman–Crippen LogP) is 4.37. The van der Waals surface area contributed by atoms with E-state index in [0.717, 1.165) is 10.0 Å². The van der Waals surface area contributed by atoms with E-state index in [1.165, 1.54) is 18.2 Å². The number of nitrogens with zero attached hydrogens (tertiary/aromatic N) is 1. The summed E-state index contributed by atoms with van der Waals surface area (Å²) in [5, 5.41) is 11.1. The fourth-order valence-corrected chi connectivity index (χ4v) is 2.24. The third kappa shape index (κ3) is 3.80. The lowest BCUT2D eigenvalue weighted by molar-refractivity contribution is -0.385. The molecular formula is C14H9BrClNO4. The number of nitro benzene ring substituents is 1. The minimum absolute atomic E-state index is 0.00389. The van der Waals surface area contributed by atoms with E-state index in [1.54, 1.807) is 12.1 Å². The molecule has 0 heterocycles. The summed E-state index contributed by atoms with van der Waals surface area (Å²) in [6.45, 7) is 0.00389. The van der Waals surface area contributed by atoms with Crippen molar-refractivity contribution in [3.8, 4) is 0 Å². The summed E-state index contributed by atoms with van der Waals surface area (Å²) in [6.07, 6.45) is 0. The van der Waals surface area contributed by atoms with E-state index in [1.807, 2.05) is 12.1 Å². The van der Waals surface area contributed by atoms with E-state index in [2.05, 4.69) is 15.9 Å². The van der Waals surface area contributed by atoms with Crippen LogP contribution in [0.1, 0.15) is 15.9 Å². The lowest BCUT2D eigenvalue weighted by Crippen LogP contribution is -2.08. The van der Waals surface area contributed by atoms with Crippen LogP contribution < -0.4 is 0 Å². The first-order chi connectivity index (χ1) is 9.99. The van der Waals surface area contributed by atoms with Gasteiger partial charge >= 0.3 is 5.97 Å². The molecule has 0 fully saturated rings. The van der Waals surface area contributed by atoms with Crippen LogP contribution in [0.2, 0.25) is 5.02 Å². The lowest BCUT2D eigenvalue weighted by Gasteiger charge is -2.07. The Morgan fingerprint density at radius 3 is 2.67 bits per heavy atom. The molecule has 0 radical (unpaired) electrons. The number of carbonyl (C=O) groups is 1. The molecule has 0 aliphatic carbocycles. The number of ether oxygens (including phenoxy) is 1. The van der Waals surface area contributed by atoms with Crippen molar-refractivity contribution in [2.75, 3.05) is 0 Å². The van der Waals surface area contributed by atoms with E-state index in [-0.39, 0.29) is 22.9 Å². The first-order valence-corrected chi connectivity index (χ1v) is 7.00. The smallest absolute Gasteiger partial charge is 0.345 e. The monoisotopic (exact) mass is 369 g/mol. The first kappa shape index (κ1) is 15.5. The van der Waals surface area contributed by atoms with Gasteiger partial charge in [-0.05, 0) is 18.2 Å². The van der Waals surface area contributed by atoms with Crippen LogP contribution in [0.4, 0.5) is 5.69 Å². The van der Waals surface area contributed by atoms with Gasteiger partial charge in [0.25, 0.3) is 5.69 Å². The van der Waals surface area contributed by atoms with Crippen molar-refractivity contribution in [3.05, 3.63) is 73.2 Å². The molecule has 0 saturated heterocycles. The maximum absolute atomic E-state index is 12.0. The summed E-state index contributed by atoms with van der Waals surface area (Å²) >= 11 is 9.10. The number of hydrogen-bond acceptors (Lipinski definition) is 4. The van der Waals surface area contributed by atoms with Gasteiger partial charge in [0.2, 0.25) is 0 Å². The second kappa shape index (κ2) is 6.69. The van der Waals surface area contributed by atoms with Crippen molar-refractivity contribution >= 4 is 39.2 Å². The Bertz CT molecular complexity index is 705. The number of nitro groups is 1. The number of benzene rings is 2. The predicted molar refractivity (Wildman–Crippen MR) is 81.4 cm³/mol. The fraction of sp³-hybridized carbons (Fsp3) is 0.0714. The van der Waals surface area contributed by atoms with Gasteiger partial charge in [0.05, 0.1) is 4.92 Å². The summed E-state index contributed by atoms with van der Waals surface area (Å²) in [4.78, 5) is 22.3. The topological polar surface area (TPSA) is 69.4 Å². The van der Waals surface area contributed by atoms with Gasteiger partial charge in [0, 0.05) is 21.1 Å². The molecule has 0 aromatic heterocycles. The van der Waals surface area contributed by atoms with Crippen LogP contribution in [-0.4, -0.2) is 10.9 Å². The Labute approximate surface area is 133 Å². The molecular weight excluding hydrogens is 362 g/mol. The third-order valence-corrected chi connectivity index (χ3v) is 3.70. The molecule has 21 heavy (non-hydrogen) atoms. The molecule has 2 aromatic rings. The zero-order valence-corrected chi connectivity index (χ0v) is 12.9. The molecule has 7 heteroatoms. The van der Waals surface area contributed by atoms with Crippen LogP contribution >= 0.6 is 27.5 Å². The molecule has 0 unspecified atom stereocenters. The summed E-state index contributed by atoms with van der Waals surface area (Å²) in [5.74, 6) is -0.792. The van der Waals surface area contributed by atoms with Gasteiger partial charge in [0.15, 0.2) is 0 Å². The van der Waals surface area contributed by atoms with Gasteiger partial charge in [0.1, 0.15) is 12.2 Å². The largest absolute Gasteiger partial charge is 0.457 e. The highest BCUT2D eigenvalue weighted by atomic mass is 79.9. The molecule has 0 N–H and O–H groups in total. The van der Waals surface area contributed by atoms with Crippen molar-refractivity contribution in [2.45, 2.75) is 6.61 Å². The summed E-state index contributed by atoms with van der Waals surface area (Å²) in [5.41, 5.74) is 0.256. The van der Waals surface area contributed by atoms with Crippen LogP contribution in [0.5, 0.6) is 0 Å². The Hall–Kier alpha value is -1.92. The number of esters is 1. The second-order valence-electron chi connectivity index (χ2n) is 4.09. The summed E-state index contributed by atoms with van der Waals surface area (Å²) in [7, 11) is 0. The second-order valence-corrected chi connectivity index (χ2v) is 5.38. The average molecular weight is 371 g/mol. The van der Waals surface area contributed by atoms with Crippen molar-refractivity contribution in [2.24, 2.45) is 0 Å². The fourth-order valence-electron chi connectivity index (χ4n) is 1.67. The molecule has 0 aliphatic heterocycles. The number of rotatable bonds is 4. The molecule has 0 aliphatic rings. The molecule has 0 amide bonds. The maximum Gasteiger partial charge on any atom is 0.345 e. The number of halogens is 2. The van der Waals surface area contributed by atoms with Crippen LogP contribution in [0, 0.1) is 10.1 Å². The quantitative estimate of drug-likeness (QED) is 0.455. The van der Waals surface area contributed by atoms with Crippen molar-refractivity contribution in [1.82, 2.24) is 0 Å². The Kier molecular flexibility index (Phi) is 4.93. The van der Waals surface area contributed by atoms with E-state index in [0.29, 0.717) is 0 Å². The molecule has 5 nitrogen and oxygen atoms in total. The van der Waals surface area contributed by atoms with Gasteiger partial charge < -0.3 is 4.74 Å². The van der Waals surface area contributed by atoms with Crippen LogP contribution in [0.25, 0.3) is 0 Å². The highest BCUT2D eigenvalue weighted by Gasteiger charge is 2.22. The van der Waals surface area contributed by atoms with Crippen molar-refractivity contribution in [3.63, 3.8) is 0 Å². The minimum atomic E-state index is -0.792. The molecule has 0 bridgehead atoms. The van der Waals surface area contributed by atoms with Crippen molar-refractivity contribution < 1.29 is 14.5 Å². The Morgan fingerprint density at radius 1 is 1.29 bits per heavy atom. The standard InChI is InChI=1S/C14H9BrClNO4/c15-12-4-2-1-3-9(12)8-21-14(18)11-7-10(16)5-6-13(11)17(19)20/h1-7H,8H2. The molecule has 108 valence electrons. The Balaban J connectivity index is 2.19. The van der Waals surface area contributed by atoms with Gasteiger partial charge in [-0.25, -0.2) is 4.79 Å². The molecule has 2 rings (SSSR count). The highest BCUT2D eigenvalue weighted by molar-refractivity contribution is 9.10. The van der Waals surface area contributed by atoms with Gasteiger partial charge in [-0.1, -0.05) is 45.7 Å². The average Bonchev–Trinajstić information content (AvgIpc) is 2.45. The van der Waals surface area contributed by atoms with E-state index >= 15 is 0 Å². The molecule has 2 aromatic carbocycles. The summed E-state index contributed by atoms with van der Waals surface area (Å²) < 4.78 is 5.90. The summed E-state index contributed by atoms with van der Waals surface area (Å²) in [6, 6.07) is 11.0. The van der Waals surface area contributed by atoms with Gasteiger partial charge in [-0.3, -0.25) is 10.1 Å². The van der Waals surface area contributed by atoms with Crippen molar-refractivity contribution in [1.29, 1.82) is 0 Å². The maximum atomic E-state index is 12.0. The zero-order chi connectivity index (χ0) is 15.4. The molecule has 0 spiro atoms. The first-order valence-electron chi connectivity index (χ1n) is 5.83.